The molecule has 1 saturated heterocycles. The molecule has 140 valence electrons. The molecule has 6 nitrogen and oxygen atoms in total. The minimum Gasteiger partial charge on any atom is -0.384 e. The van der Waals surface area contributed by atoms with Gasteiger partial charge in [-0.1, -0.05) is 30.3 Å². The highest BCUT2D eigenvalue weighted by Crippen LogP contribution is 2.14. The van der Waals surface area contributed by atoms with Gasteiger partial charge in [0, 0.05) is 65.2 Å². The third-order valence-electron chi connectivity index (χ3n) is 4.94. The van der Waals surface area contributed by atoms with Gasteiger partial charge in [-0.15, -0.1) is 0 Å². The van der Waals surface area contributed by atoms with Gasteiger partial charge >= 0.3 is 0 Å². The smallest absolute Gasteiger partial charge is 0.289 e. The van der Waals surface area contributed by atoms with E-state index in [1.165, 1.54) is 5.56 Å². The lowest BCUT2D eigenvalue weighted by molar-refractivity contribution is 0.0692. The van der Waals surface area contributed by atoms with Gasteiger partial charge in [0.2, 0.25) is 0 Å². The molecule has 1 amide bonds. The fraction of sp³-hybridized carbons (Fsp3) is 0.500. The first-order valence-electron chi connectivity index (χ1n) is 9.19. The van der Waals surface area contributed by atoms with Crippen LogP contribution in [0.2, 0.25) is 0 Å². The molecule has 1 aromatic heterocycles. The molecule has 6 heteroatoms. The van der Waals surface area contributed by atoms with E-state index in [-0.39, 0.29) is 5.91 Å². The van der Waals surface area contributed by atoms with Gasteiger partial charge in [-0.05, 0) is 12.0 Å². The van der Waals surface area contributed by atoms with E-state index < -0.39 is 0 Å². The Morgan fingerprint density at radius 2 is 2.04 bits per heavy atom. The molecule has 0 N–H and O–H groups in total. The van der Waals surface area contributed by atoms with Crippen molar-refractivity contribution in [3.05, 3.63) is 54.1 Å². The number of nitrogens with zero attached hydrogens (tertiary/aromatic N) is 4. The maximum absolute atomic E-state index is 12.9. The first-order chi connectivity index (χ1) is 12.7. The predicted molar refractivity (Wildman–Crippen MR) is 101 cm³/mol. The number of hydrogen-bond donors (Lipinski definition) is 0. The second-order valence-electron chi connectivity index (χ2n) is 6.97. The molecule has 0 radical (unpaired) electrons. The van der Waals surface area contributed by atoms with Crippen LogP contribution in [0.4, 0.5) is 0 Å². The summed E-state index contributed by atoms with van der Waals surface area (Å²) in [4.78, 5) is 21.4. The summed E-state index contributed by atoms with van der Waals surface area (Å²) < 4.78 is 7.19. The molecule has 1 aliphatic rings. The van der Waals surface area contributed by atoms with E-state index >= 15 is 0 Å². The molecule has 2 aromatic rings. The Balaban J connectivity index is 1.64. The van der Waals surface area contributed by atoms with E-state index in [0.717, 1.165) is 32.6 Å². The first-order valence-corrected chi connectivity index (χ1v) is 9.19. The van der Waals surface area contributed by atoms with Gasteiger partial charge in [0.1, 0.15) is 0 Å². The van der Waals surface area contributed by atoms with E-state index in [2.05, 4.69) is 34.1 Å². The van der Waals surface area contributed by atoms with Gasteiger partial charge in [0.25, 0.3) is 5.91 Å². The zero-order valence-electron chi connectivity index (χ0n) is 15.7. The molecular weight excluding hydrogens is 328 g/mol. The number of rotatable bonds is 6. The SMILES string of the molecule is COCC1CN(CCc2ccccc2)CCN(C(=O)c2nccn2C)C1. The summed E-state index contributed by atoms with van der Waals surface area (Å²) >= 11 is 0. The van der Waals surface area contributed by atoms with Gasteiger partial charge in [0.05, 0.1) is 6.61 Å². The van der Waals surface area contributed by atoms with Crippen molar-refractivity contribution in [2.45, 2.75) is 6.42 Å². The van der Waals surface area contributed by atoms with Crippen molar-refractivity contribution in [1.29, 1.82) is 0 Å². The highest BCUT2D eigenvalue weighted by Gasteiger charge is 2.27. The van der Waals surface area contributed by atoms with Gasteiger partial charge in [0.15, 0.2) is 5.82 Å². The third kappa shape index (κ3) is 4.71. The van der Waals surface area contributed by atoms with Crippen molar-refractivity contribution >= 4 is 5.91 Å². The fourth-order valence-corrected chi connectivity index (χ4v) is 3.55. The molecule has 1 unspecified atom stereocenters. The number of carbonyl (C=O) groups excluding carboxylic acids is 1. The van der Waals surface area contributed by atoms with Crippen molar-refractivity contribution in [3.8, 4) is 0 Å². The molecule has 0 spiro atoms. The number of methoxy groups -OCH3 is 1. The van der Waals surface area contributed by atoms with Crippen LogP contribution in [0.25, 0.3) is 0 Å². The fourth-order valence-electron chi connectivity index (χ4n) is 3.55. The van der Waals surface area contributed by atoms with Crippen LogP contribution < -0.4 is 0 Å². The van der Waals surface area contributed by atoms with Crippen LogP contribution in [0.5, 0.6) is 0 Å². The summed E-state index contributed by atoms with van der Waals surface area (Å²) in [6, 6.07) is 10.5. The Kier molecular flexibility index (Phi) is 6.41. The van der Waals surface area contributed by atoms with E-state index in [9.17, 15) is 4.79 Å². The molecule has 26 heavy (non-hydrogen) atoms. The monoisotopic (exact) mass is 356 g/mol. The molecule has 1 aliphatic heterocycles. The Labute approximate surface area is 155 Å². The maximum Gasteiger partial charge on any atom is 0.289 e. The second kappa shape index (κ2) is 8.96. The molecule has 1 atom stereocenters. The Hall–Kier alpha value is -2.18. The summed E-state index contributed by atoms with van der Waals surface area (Å²) in [6.07, 6.45) is 4.50. The number of hydrogen-bond acceptors (Lipinski definition) is 4. The first kappa shape index (κ1) is 18.6. The lowest BCUT2D eigenvalue weighted by Crippen LogP contribution is -2.38. The normalized spacial score (nSPS) is 18.7. The van der Waals surface area contributed by atoms with E-state index in [1.54, 1.807) is 17.9 Å². The quantitative estimate of drug-likeness (QED) is 0.790. The number of carbonyl (C=O) groups is 1. The molecule has 3 rings (SSSR count). The Morgan fingerprint density at radius 3 is 2.73 bits per heavy atom. The highest BCUT2D eigenvalue weighted by molar-refractivity contribution is 5.90. The summed E-state index contributed by atoms with van der Waals surface area (Å²) in [7, 11) is 3.58. The van der Waals surface area contributed by atoms with Crippen LogP contribution >= 0.6 is 0 Å². The number of aromatic nitrogens is 2. The minimum atomic E-state index is 0.00325. The van der Waals surface area contributed by atoms with Gasteiger partial charge in [-0.3, -0.25) is 4.79 Å². The van der Waals surface area contributed by atoms with Crippen molar-refractivity contribution in [2.24, 2.45) is 13.0 Å². The van der Waals surface area contributed by atoms with E-state index in [1.807, 2.05) is 24.2 Å². The molecular formula is C20H28N4O2. The van der Waals surface area contributed by atoms with Crippen molar-refractivity contribution in [1.82, 2.24) is 19.4 Å². The molecule has 0 aliphatic carbocycles. The number of ether oxygens (including phenoxy) is 1. The van der Waals surface area contributed by atoms with Gasteiger partial charge in [-0.2, -0.15) is 0 Å². The molecule has 1 aromatic carbocycles. The number of imidazole rings is 1. The molecule has 0 bridgehead atoms. The lowest BCUT2D eigenvalue weighted by atomic mass is 10.1. The van der Waals surface area contributed by atoms with Crippen LogP contribution in [-0.4, -0.2) is 71.7 Å². The van der Waals surface area contributed by atoms with Crippen molar-refractivity contribution in [2.75, 3.05) is 46.4 Å². The summed E-state index contributed by atoms with van der Waals surface area (Å²) in [6.45, 7) is 4.91. The zero-order chi connectivity index (χ0) is 18.4. The summed E-state index contributed by atoms with van der Waals surface area (Å²) in [5.74, 6) is 0.810. The summed E-state index contributed by atoms with van der Waals surface area (Å²) in [5.41, 5.74) is 1.35. The van der Waals surface area contributed by atoms with Crippen LogP contribution in [0.3, 0.4) is 0 Å². The minimum absolute atomic E-state index is 0.00325. The maximum atomic E-state index is 12.9. The van der Waals surface area contributed by atoms with Gasteiger partial charge in [-0.25, -0.2) is 4.98 Å². The van der Waals surface area contributed by atoms with Crippen LogP contribution in [0, 0.1) is 5.92 Å². The number of aryl methyl sites for hydroxylation is 1. The van der Waals surface area contributed by atoms with Crippen molar-refractivity contribution < 1.29 is 9.53 Å². The number of amides is 1. The second-order valence-corrected chi connectivity index (χ2v) is 6.97. The van der Waals surface area contributed by atoms with Crippen LogP contribution in [0.1, 0.15) is 16.2 Å². The Morgan fingerprint density at radius 1 is 1.23 bits per heavy atom. The third-order valence-corrected chi connectivity index (χ3v) is 4.94. The highest BCUT2D eigenvalue weighted by atomic mass is 16.5. The average molecular weight is 356 g/mol. The number of benzene rings is 1. The van der Waals surface area contributed by atoms with Crippen LogP contribution in [-0.2, 0) is 18.2 Å². The largest absolute Gasteiger partial charge is 0.384 e. The molecule has 0 saturated carbocycles. The predicted octanol–water partition coefficient (Wildman–Crippen LogP) is 1.68. The van der Waals surface area contributed by atoms with E-state index in [4.69, 9.17) is 4.74 Å². The van der Waals surface area contributed by atoms with Crippen LogP contribution in [0.15, 0.2) is 42.7 Å². The topological polar surface area (TPSA) is 50.6 Å². The summed E-state index contributed by atoms with van der Waals surface area (Å²) in [5, 5.41) is 0. The zero-order valence-corrected chi connectivity index (χ0v) is 15.7. The molecule has 2 heterocycles. The van der Waals surface area contributed by atoms with E-state index in [0.29, 0.717) is 24.9 Å². The Bertz CT molecular complexity index is 701. The lowest BCUT2D eigenvalue weighted by Gasteiger charge is -2.23. The van der Waals surface area contributed by atoms with Gasteiger partial charge < -0.3 is 19.1 Å². The standard InChI is InChI=1S/C20H28N4O2/c1-22-11-9-21-19(22)20(25)24-13-12-23(14-18(15-24)16-26-2)10-8-17-6-4-3-5-7-17/h3-7,9,11,18H,8,10,12-16H2,1-2H3. The van der Waals surface area contributed by atoms with Crippen molar-refractivity contribution in [3.63, 3.8) is 0 Å². The average Bonchev–Trinajstić information content (AvgIpc) is 2.97. The molecule has 1 fully saturated rings.